The predicted octanol–water partition coefficient (Wildman–Crippen LogP) is 2.42. The minimum Gasteiger partial charge on any atom is -0.385 e. The number of halogens is 1. The molecule has 4 nitrogen and oxygen atoms in total. The molecule has 0 radical (unpaired) electrons. The van der Waals surface area contributed by atoms with Gasteiger partial charge in [0.1, 0.15) is 17.1 Å². The summed E-state index contributed by atoms with van der Waals surface area (Å²) in [6, 6.07) is 3.67. The van der Waals surface area contributed by atoms with Crippen LogP contribution in [-0.4, -0.2) is 19.6 Å². The summed E-state index contributed by atoms with van der Waals surface area (Å²) in [6.07, 6.45) is 5.39. The Kier molecular flexibility index (Phi) is 3.76. The van der Waals surface area contributed by atoms with Gasteiger partial charge in [0, 0.05) is 18.6 Å². The largest absolute Gasteiger partial charge is 0.385 e. The third kappa shape index (κ3) is 2.84. The molecule has 0 saturated heterocycles. The highest BCUT2D eigenvalue weighted by Gasteiger charge is 2.11. The molecule has 0 aliphatic heterocycles. The molecule has 0 saturated carbocycles. The molecule has 2 heterocycles. The lowest BCUT2D eigenvalue weighted by Crippen LogP contribution is -2.08. The third-order valence-corrected chi connectivity index (χ3v) is 2.80. The van der Waals surface area contributed by atoms with Gasteiger partial charge in [0.15, 0.2) is 0 Å². The first-order chi connectivity index (χ1) is 8.20. The van der Waals surface area contributed by atoms with Gasteiger partial charge in [0.2, 0.25) is 0 Å². The van der Waals surface area contributed by atoms with E-state index in [1.165, 1.54) is 0 Å². The number of hydrogen-bond donors (Lipinski definition) is 1. The van der Waals surface area contributed by atoms with Gasteiger partial charge in [-0.25, -0.2) is 9.97 Å². The lowest BCUT2D eigenvalue weighted by atomic mass is 10.2. The number of aromatic nitrogens is 3. The van der Waals surface area contributed by atoms with Crippen LogP contribution in [0.15, 0.2) is 30.7 Å². The summed E-state index contributed by atoms with van der Waals surface area (Å²) in [5.41, 5.74) is 1.02. The molecule has 0 bridgehead atoms. The second-order valence-corrected chi connectivity index (χ2v) is 4.21. The molecule has 0 fully saturated rings. The maximum absolute atomic E-state index is 9.80. The zero-order valence-electron chi connectivity index (χ0n) is 9.55. The average Bonchev–Trinajstić information content (AvgIpc) is 2.79. The van der Waals surface area contributed by atoms with Crippen LogP contribution in [0, 0.1) is 0 Å². The van der Waals surface area contributed by atoms with E-state index in [-0.39, 0.29) is 0 Å². The van der Waals surface area contributed by atoms with Crippen molar-refractivity contribution in [2.45, 2.75) is 26.0 Å². The third-order valence-electron chi connectivity index (χ3n) is 2.57. The summed E-state index contributed by atoms with van der Waals surface area (Å²) in [6.45, 7) is 2.56. The minimum absolute atomic E-state index is 0.480. The van der Waals surface area contributed by atoms with Crippen LogP contribution in [-0.2, 0) is 6.54 Å². The molecule has 90 valence electrons. The topological polar surface area (TPSA) is 50.9 Å². The van der Waals surface area contributed by atoms with Crippen LogP contribution in [0.25, 0.3) is 0 Å². The molecular formula is C12H14ClN3O. The van der Waals surface area contributed by atoms with Gasteiger partial charge in [-0.3, -0.25) is 0 Å². The average molecular weight is 252 g/mol. The number of aliphatic hydroxyl groups is 1. The van der Waals surface area contributed by atoms with E-state index in [1.54, 1.807) is 18.5 Å². The van der Waals surface area contributed by atoms with Crippen molar-refractivity contribution in [1.29, 1.82) is 0 Å². The van der Waals surface area contributed by atoms with Gasteiger partial charge in [0.05, 0.1) is 6.54 Å². The molecule has 0 aliphatic carbocycles. The predicted molar refractivity (Wildman–Crippen MR) is 65.8 cm³/mol. The second-order valence-electron chi connectivity index (χ2n) is 3.83. The van der Waals surface area contributed by atoms with Crippen LogP contribution in [0.5, 0.6) is 0 Å². The van der Waals surface area contributed by atoms with Crippen molar-refractivity contribution in [3.63, 3.8) is 0 Å². The van der Waals surface area contributed by atoms with Crippen LogP contribution in [0.3, 0.4) is 0 Å². The summed E-state index contributed by atoms with van der Waals surface area (Å²) in [7, 11) is 0. The standard InChI is InChI=1S/C12H14ClN3O/c1-2-10(17)12-14-5-6-16(12)8-9-3-4-11(13)15-7-9/h3-7,10,17H,2,8H2,1H3. The van der Waals surface area contributed by atoms with Crippen molar-refractivity contribution in [3.8, 4) is 0 Å². The van der Waals surface area contributed by atoms with Crippen LogP contribution in [0.4, 0.5) is 0 Å². The molecular weight excluding hydrogens is 238 g/mol. The maximum Gasteiger partial charge on any atom is 0.137 e. The molecule has 0 aromatic carbocycles. The summed E-state index contributed by atoms with van der Waals surface area (Å²) < 4.78 is 1.92. The number of rotatable bonds is 4. The molecule has 1 atom stereocenters. The molecule has 1 unspecified atom stereocenters. The minimum atomic E-state index is -0.523. The van der Waals surface area contributed by atoms with Gasteiger partial charge < -0.3 is 9.67 Å². The maximum atomic E-state index is 9.80. The highest BCUT2D eigenvalue weighted by molar-refractivity contribution is 6.29. The lowest BCUT2D eigenvalue weighted by molar-refractivity contribution is 0.159. The van der Waals surface area contributed by atoms with Crippen molar-refractivity contribution < 1.29 is 5.11 Å². The zero-order chi connectivity index (χ0) is 12.3. The van der Waals surface area contributed by atoms with Crippen molar-refractivity contribution >= 4 is 11.6 Å². The fourth-order valence-electron chi connectivity index (χ4n) is 1.63. The van der Waals surface area contributed by atoms with Crippen LogP contribution < -0.4 is 0 Å². The van der Waals surface area contributed by atoms with E-state index in [2.05, 4.69) is 9.97 Å². The SMILES string of the molecule is CCC(O)c1nccn1Cc1ccc(Cl)nc1. The normalized spacial score (nSPS) is 12.6. The van der Waals surface area contributed by atoms with Crippen LogP contribution in [0.1, 0.15) is 30.8 Å². The quantitative estimate of drug-likeness (QED) is 0.849. The monoisotopic (exact) mass is 251 g/mol. The van der Waals surface area contributed by atoms with E-state index in [0.717, 1.165) is 5.56 Å². The Balaban J connectivity index is 2.18. The summed E-state index contributed by atoms with van der Waals surface area (Å²) in [5, 5.41) is 10.3. The van der Waals surface area contributed by atoms with Crippen molar-refractivity contribution in [3.05, 3.63) is 47.3 Å². The van der Waals surface area contributed by atoms with Crippen LogP contribution in [0.2, 0.25) is 5.15 Å². The van der Waals surface area contributed by atoms with Gasteiger partial charge >= 0.3 is 0 Å². The first-order valence-electron chi connectivity index (χ1n) is 5.50. The van der Waals surface area contributed by atoms with E-state index in [4.69, 9.17) is 11.6 Å². The number of pyridine rings is 1. The van der Waals surface area contributed by atoms with Crippen molar-refractivity contribution in [2.24, 2.45) is 0 Å². The first kappa shape index (κ1) is 12.1. The van der Waals surface area contributed by atoms with Crippen molar-refractivity contribution in [2.75, 3.05) is 0 Å². The molecule has 0 aliphatic rings. The van der Waals surface area contributed by atoms with E-state index < -0.39 is 6.10 Å². The van der Waals surface area contributed by atoms with Gasteiger partial charge in [-0.2, -0.15) is 0 Å². The summed E-state index contributed by atoms with van der Waals surface area (Å²) >= 11 is 5.73. The molecule has 2 aromatic heterocycles. The Bertz CT molecular complexity index is 481. The Labute approximate surface area is 105 Å². The Hall–Kier alpha value is -1.39. The number of hydrogen-bond acceptors (Lipinski definition) is 3. The van der Waals surface area contributed by atoms with Crippen molar-refractivity contribution in [1.82, 2.24) is 14.5 Å². The van der Waals surface area contributed by atoms with Gasteiger partial charge in [0.25, 0.3) is 0 Å². The number of aliphatic hydroxyl groups excluding tert-OH is 1. The molecule has 0 spiro atoms. The van der Waals surface area contributed by atoms with Gasteiger partial charge in [-0.1, -0.05) is 24.6 Å². The Morgan fingerprint density at radius 3 is 2.88 bits per heavy atom. The van der Waals surface area contributed by atoms with Crippen LogP contribution >= 0.6 is 11.6 Å². The zero-order valence-corrected chi connectivity index (χ0v) is 10.3. The van der Waals surface area contributed by atoms with E-state index in [9.17, 15) is 5.11 Å². The Morgan fingerprint density at radius 2 is 2.24 bits per heavy atom. The molecule has 17 heavy (non-hydrogen) atoms. The van der Waals surface area contributed by atoms with Gasteiger partial charge in [-0.15, -0.1) is 0 Å². The molecule has 2 rings (SSSR count). The van der Waals surface area contributed by atoms with E-state index >= 15 is 0 Å². The first-order valence-corrected chi connectivity index (χ1v) is 5.88. The number of imidazole rings is 1. The molecule has 2 aromatic rings. The van der Waals surface area contributed by atoms with E-state index in [1.807, 2.05) is 23.8 Å². The molecule has 5 heteroatoms. The smallest absolute Gasteiger partial charge is 0.137 e. The lowest BCUT2D eigenvalue weighted by Gasteiger charge is -2.11. The second kappa shape index (κ2) is 5.29. The summed E-state index contributed by atoms with van der Waals surface area (Å²) in [5.74, 6) is 0.683. The summed E-state index contributed by atoms with van der Waals surface area (Å²) in [4.78, 5) is 8.19. The fraction of sp³-hybridized carbons (Fsp3) is 0.333. The highest BCUT2D eigenvalue weighted by atomic mass is 35.5. The fourth-order valence-corrected chi connectivity index (χ4v) is 1.74. The van der Waals surface area contributed by atoms with E-state index in [0.29, 0.717) is 23.9 Å². The molecule has 1 N–H and O–H groups in total. The Morgan fingerprint density at radius 1 is 1.41 bits per heavy atom. The highest BCUT2D eigenvalue weighted by Crippen LogP contribution is 2.15. The number of nitrogens with zero attached hydrogens (tertiary/aromatic N) is 3. The molecule has 0 amide bonds. The van der Waals surface area contributed by atoms with Gasteiger partial charge in [-0.05, 0) is 18.1 Å².